The van der Waals surface area contributed by atoms with E-state index in [4.69, 9.17) is 5.14 Å². The van der Waals surface area contributed by atoms with Crippen LogP contribution in [0.5, 0.6) is 0 Å². The molecule has 0 heterocycles. The zero-order chi connectivity index (χ0) is 13.1. The molecule has 1 unspecified atom stereocenters. The molecule has 0 aliphatic rings. The van der Waals surface area contributed by atoms with E-state index in [0.717, 1.165) is 19.3 Å². The Hall–Kier alpha value is -0.130. The van der Waals surface area contributed by atoms with Gasteiger partial charge in [-0.3, -0.25) is 4.18 Å². The lowest BCUT2D eigenvalue weighted by molar-refractivity contribution is 0.214. The first kappa shape index (κ1) is 16.9. The molecule has 104 valence electrons. The summed E-state index contributed by atoms with van der Waals surface area (Å²) in [7, 11) is -3.78. The highest BCUT2D eigenvalue weighted by atomic mass is 32.2. The summed E-state index contributed by atoms with van der Waals surface area (Å²) in [6.45, 7) is 3.96. The number of unbranched alkanes of at least 4 members (excludes halogenated alkanes) is 7. The third-order valence-electron chi connectivity index (χ3n) is 2.76. The molecule has 0 fully saturated rings. The third kappa shape index (κ3) is 13.8. The Kier molecular flexibility index (Phi) is 9.78. The zero-order valence-corrected chi connectivity index (χ0v) is 12.0. The molecule has 0 aliphatic carbocycles. The Morgan fingerprint density at radius 3 is 1.94 bits per heavy atom. The second kappa shape index (κ2) is 9.85. The van der Waals surface area contributed by atoms with Crippen molar-refractivity contribution < 1.29 is 12.6 Å². The highest BCUT2D eigenvalue weighted by Gasteiger charge is 2.09. The van der Waals surface area contributed by atoms with Crippen molar-refractivity contribution in [2.75, 3.05) is 0 Å². The Balaban J connectivity index is 3.28. The number of hydrogen-bond donors (Lipinski definition) is 1. The van der Waals surface area contributed by atoms with Crippen LogP contribution in [0, 0.1) is 0 Å². The van der Waals surface area contributed by atoms with Crippen LogP contribution in [0.4, 0.5) is 0 Å². The summed E-state index contributed by atoms with van der Waals surface area (Å²) in [6.07, 6.45) is 10.4. The number of nitrogens with two attached hydrogens (primary N) is 1. The number of hydrogen-bond acceptors (Lipinski definition) is 3. The van der Waals surface area contributed by atoms with Gasteiger partial charge in [-0.15, -0.1) is 0 Å². The van der Waals surface area contributed by atoms with Crippen molar-refractivity contribution in [3.05, 3.63) is 0 Å². The van der Waals surface area contributed by atoms with Gasteiger partial charge in [0, 0.05) is 0 Å². The first-order valence-corrected chi connectivity index (χ1v) is 8.14. The van der Waals surface area contributed by atoms with Crippen LogP contribution < -0.4 is 5.14 Å². The molecule has 0 aromatic carbocycles. The van der Waals surface area contributed by atoms with E-state index in [9.17, 15) is 8.42 Å². The molecule has 2 N–H and O–H groups in total. The van der Waals surface area contributed by atoms with E-state index in [0.29, 0.717) is 0 Å². The van der Waals surface area contributed by atoms with Gasteiger partial charge in [0.1, 0.15) is 0 Å². The van der Waals surface area contributed by atoms with E-state index in [2.05, 4.69) is 11.1 Å². The molecule has 0 radical (unpaired) electrons. The van der Waals surface area contributed by atoms with E-state index in [1.807, 2.05) is 0 Å². The van der Waals surface area contributed by atoms with Crippen LogP contribution in [0.1, 0.15) is 71.6 Å². The predicted octanol–water partition coefficient (Wildman–Crippen LogP) is 3.13. The first-order chi connectivity index (χ1) is 7.95. The molecule has 1 atom stereocenters. The van der Waals surface area contributed by atoms with Crippen LogP contribution in [-0.4, -0.2) is 14.5 Å². The van der Waals surface area contributed by atoms with Crippen molar-refractivity contribution in [3.63, 3.8) is 0 Å². The summed E-state index contributed by atoms with van der Waals surface area (Å²) in [6, 6.07) is 0. The van der Waals surface area contributed by atoms with Crippen LogP contribution in [0.3, 0.4) is 0 Å². The molecule has 17 heavy (non-hydrogen) atoms. The highest BCUT2D eigenvalue weighted by molar-refractivity contribution is 7.84. The van der Waals surface area contributed by atoms with E-state index >= 15 is 0 Å². The van der Waals surface area contributed by atoms with Crippen molar-refractivity contribution in [1.82, 2.24) is 0 Å². The maximum Gasteiger partial charge on any atom is 0.333 e. The number of rotatable bonds is 11. The van der Waals surface area contributed by atoms with Crippen LogP contribution >= 0.6 is 0 Å². The molecular weight excluding hydrogens is 238 g/mol. The molecule has 0 bridgehead atoms. The third-order valence-corrected chi connectivity index (χ3v) is 3.36. The highest BCUT2D eigenvalue weighted by Crippen LogP contribution is 2.12. The minimum atomic E-state index is -3.78. The minimum absolute atomic E-state index is 0.301. The largest absolute Gasteiger partial charge is 0.333 e. The Labute approximate surface area is 106 Å². The lowest BCUT2D eigenvalue weighted by Crippen LogP contribution is -2.21. The summed E-state index contributed by atoms with van der Waals surface area (Å²) in [4.78, 5) is 0. The standard InChI is InChI=1S/C12H27NO3S/c1-3-4-5-6-7-8-9-10-11-12(2)16-17(13,14)15/h12H,3-11H2,1-2H3,(H2,13,14,15). The SMILES string of the molecule is CCCCCCCCCCC(C)OS(N)(=O)=O. The zero-order valence-electron chi connectivity index (χ0n) is 11.2. The van der Waals surface area contributed by atoms with Gasteiger partial charge in [-0.2, -0.15) is 8.42 Å². The van der Waals surface area contributed by atoms with Gasteiger partial charge in [0.05, 0.1) is 6.10 Å². The fourth-order valence-corrected chi connectivity index (χ4v) is 2.40. The topological polar surface area (TPSA) is 69.4 Å². The fraction of sp³-hybridized carbons (Fsp3) is 1.00. The average Bonchev–Trinajstić information content (AvgIpc) is 2.19. The predicted molar refractivity (Wildman–Crippen MR) is 70.9 cm³/mol. The smallest absolute Gasteiger partial charge is 0.255 e. The Morgan fingerprint density at radius 1 is 1.00 bits per heavy atom. The van der Waals surface area contributed by atoms with Gasteiger partial charge in [0.15, 0.2) is 0 Å². The van der Waals surface area contributed by atoms with Crippen molar-refractivity contribution in [2.24, 2.45) is 5.14 Å². The summed E-state index contributed by atoms with van der Waals surface area (Å²) >= 11 is 0. The van der Waals surface area contributed by atoms with E-state index in [1.165, 1.54) is 38.5 Å². The molecule has 0 aromatic heterocycles. The van der Waals surface area contributed by atoms with Gasteiger partial charge >= 0.3 is 10.3 Å². The Bertz CT molecular complexity index is 265. The normalized spacial score (nSPS) is 13.8. The summed E-state index contributed by atoms with van der Waals surface area (Å²) < 4.78 is 25.9. The van der Waals surface area contributed by atoms with Crippen LogP contribution in [-0.2, 0) is 14.5 Å². The van der Waals surface area contributed by atoms with Gasteiger partial charge in [0.25, 0.3) is 0 Å². The van der Waals surface area contributed by atoms with Gasteiger partial charge < -0.3 is 0 Å². The molecule has 0 saturated heterocycles. The van der Waals surface area contributed by atoms with Crippen molar-refractivity contribution in [2.45, 2.75) is 77.7 Å². The molecule has 0 saturated carbocycles. The van der Waals surface area contributed by atoms with Gasteiger partial charge in [-0.05, 0) is 13.3 Å². The van der Waals surface area contributed by atoms with E-state index in [-0.39, 0.29) is 6.10 Å². The first-order valence-electron chi connectivity index (χ1n) is 6.66. The van der Waals surface area contributed by atoms with E-state index < -0.39 is 10.3 Å². The molecule has 0 aliphatic heterocycles. The van der Waals surface area contributed by atoms with Gasteiger partial charge in [-0.25, -0.2) is 5.14 Å². The summed E-state index contributed by atoms with van der Waals surface area (Å²) in [5.74, 6) is 0. The Morgan fingerprint density at radius 2 is 1.47 bits per heavy atom. The lowest BCUT2D eigenvalue weighted by atomic mass is 10.1. The van der Waals surface area contributed by atoms with Gasteiger partial charge in [0.2, 0.25) is 0 Å². The van der Waals surface area contributed by atoms with Crippen molar-refractivity contribution in [1.29, 1.82) is 0 Å². The molecule has 4 nitrogen and oxygen atoms in total. The van der Waals surface area contributed by atoms with Crippen molar-refractivity contribution >= 4 is 10.3 Å². The monoisotopic (exact) mass is 265 g/mol. The summed E-state index contributed by atoms with van der Waals surface area (Å²) in [5.41, 5.74) is 0. The lowest BCUT2D eigenvalue weighted by Gasteiger charge is -2.09. The minimum Gasteiger partial charge on any atom is -0.255 e. The second-order valence-corrected chi connectivity index (χ2v) is 5.84. The molecule has 0 spiro atoms. The van der Waals surface area contributed by atoms with Crippen LogP contribution in [0.15, 0.2) is 0 Å². The van der Waals surface area contributed by atoms with Crippen LogP contribution in [0.25, 0.3) is 0 Å². The second-order valence-electron chi connectivity index (χ2n) is 4.66. The average molecular weight is 265 g/mol. The molecule has 5 heteroatoms. The maximum atomic E-state index is 10.6. The summed E-state index contributed by atoms with van der Waals surface area (Å²) in [5, 5.41) is 4.78. The fourth-order valence-electron chi connectivity index (χ4n) is 1.84. The van der Waals surface area contributed by atoms with Crippen LogP contribution in [0.2, 0.25) is 0 Å². The maximum absolute atomic E-state index is 10.6. The molecule has 0 amide bonds. The van der Waals surface area contributed by atoms with Crippen molar-refractivity contribution in [3.8, 4) is 0 Å². The molecule has 0 aromatic rings. The molecular formula is C12H27NO3S. The molecule has 0 rings (SSSR count). The quantitative estimate of drug-likeness (QED) is 0.583. The van der Waals surface area contributed by atoms with Gasteiger partial charge in [-0.1, -0.05) is 58.3 Å². The van der Waals surface area contributed by atoms with E-state index in [1.54, 1.807) is 6.92 Å².